The predicted octanol–water partition coefficient (Wildman–Crippen LogP) is 0.818. The number of likely N-dealkylation sites (N-methyl/N-ethyl adjacent to an activating group) is 1. The second kappa shape index (κ2) is 9.52. The van der Waals surface area contributed by atoms with Crippen LogP contribution in [0, 0.1) is 5.92 Å². The number of nitrogens with one attached hydrogen (secondary N) is 2. The van der Waals surface area contributed by atoms with Crippen molar-refractivity contribution in [2.24, 2.45) is 5.92 Å². The van der Waals surface area contributed by atoms with Crippen LogP contribution in [0.3, 0.4) is 0 Å². The van der Waals surface area contributed by atoms with Crippen molar-refractivity contribution >= 4 is 29.2 Å². The summed E-state index contributed by atoms with van der Waals surface area (Å²) in [4.78, 5) is 24.4. The average molecular weight is 303 g/mol. The number of rotatable bonds is 8. The van der Waals surface area contributed by atoms with Gasteiger partial charge in [0.2, 0.25) is 5.91 Å². The van der Waals surface area contributed by atoms with Crippen molar-refractivity contribution in [3.8, 4) is 0 Å². The van der Waals surface area contributed by atoms with Gasteiger partial charge in [0.1, 0.15) is 6.04 Å². The molecular weight excluding hydrogens is 278 g/mol. The molecule has 0 aliphatic heterocycles. The van der Waals surface area contributed by atoms with E-state index in [9.17, 15) is 9.59 Å². The highest BCUT2D eigenvalue weighted by Crippen LogP contribution is 2.10. The first-order valence-corrected chi connectivity index (χ1v) is 7.22. The largest absolute Gasteiger partial charge is 0.480 e. The predicted molar refractivity (Wildman–Crippen MR) is 82.5 cm³/mol. The van der Waals surface area contributed by atoms with E-state index in [2.05, 4.69) is 10.6 Å². The third kappa shape index (κ3) is 6.70. The fourth-order valence-corrected chi connectivity index (χ4v) is 2.02. The number of carboxylic acids is 1. The van der Waals surface area contributed by atoms with Crippen LogP contribution < -0.4 is 10.6 Å². The quantitative estimate of drug-likeness (QED) is 0.576. The molecule has 6 nitrogen and oxygen atoms in total. The average Bonchev–Trinajstić information content (AvgIpc) is 2.35. The summed E-state index contributed by atoms with van der Waals surface area (Å²) in [5.41, 5.74) is 0. The van der Waals surface area contributed by atoms with Gasteiger partial charge in [-0.3, -0.25) is 4.79 Å². The number of nitrogens with zero attached hydrogens (tertiary/aromatic N) is 1. The smallest absolute Gasteiger partial charge is 0.326 e. The Hall–Kier alpha value is -1.37. The molecule has 0 saturated carbocycles. The number of carbonyl (C=O) groups is 2. The molecule has 1 unspecified atom stereocenters. The van der Waals surface area contributed by atoms with Crippen molar-refractivity contribution in [2.75, 3.05) is 20.1 Å². The van der Waals surface area contributed by atoms with E-state index >= 15 is 0 Å². The number of carboxylic acid groups (broad SMARTS) is 1. The molecule has 0 aliphatic rings. The van der Waals surface area contributed by atoms with Crippen LogP contribution in [-0.4, -0.2) is 53.2 Å². The minimum absolute atomic E-state index is 0.137. The van der Waals surface area contributed by atoms with Crippen LogP contribution in [0.15, 0.2) is 0 Å². The van der Waals surface area contributed by atoms with Gasteiger partial charge < -0.3 is 20.6 Å². The Morgan fingerprint density at radius 2 is 1.80 bits per heavy atom. The number of amides is 1. The Labute approximate surface area is 125 Å². The minimum Gasteiger partial charge on any atom is -0.480 e. The summed E-state index contributed by atoms with van der Waals surface area (Å²) in [5, 5.41) is 15.6. The van der Waals surface area contributed by atoms with Crippen molar-refractivity contribution < 1.29 is 14.7 Å². The van der Waals surface area contributed by atoms with Crippen molar-refractivity contribution in [3.63, 3.8) is 0 Å². The highest BCUT2D eigenvalue weighted by atomic mass is 32.1. The maximum absolute atomic E-state index is 11.9. The normalized spacial score (nSPS) is 11.8. The molecule has 0 radical (unpaired) electrons. The van der Waals surface area contributed by atoms with E-state index in [0.717, 1.165) is 13.0 Å². The summed E-state index contributed by atoms with van der Waals surface area (Å²) in [6, 6.07) is -0.798. The van der Waals surface area contributed by atoms with Gasteiger partial charge in [-0.25, -0.2) is 4.79 Å². The van der Waals surface area contributed by atoms with Gasteiger partial charge in [-0.2, -0.15) is 0 Å². The van der Waals surface area contributed by atoms with Gasteiger partial charge in [0.15, 0.2) is 5.11 Å². The lowest BCUT2D eigenvalue weighted by Gasteiger charge is -2.27. The lowest BCUT2D eigenvalue weighted by atomic mass is 10.0. The van der Waals surface area contributed by atoms with Gasteiger partial charge in [0.25, 0.3) is 0 Å². The van der Waals surface area contributed by atoms with E-state index < -0.39 is 12.0 Å². The van der Waals surface area contributed by atoms with Gasteiger partial charge in [0, 0.05) is 26.6 Å². The molecule has 0 bridgehead atoms. The molecule has 0 aromatic carbocycles. The first kappa shape index (κ1) is 18.6. The van der Waals surface area contributed by atoms with E-state index in [1.54, 1.807) is 13.8 Å². The first-order valence-electron chi connectivity index (χ1n) is 6.81. The highest BCUT2D eigenvalue weighted by Gasteiger charge is 2.28. The summed E-state index contributed by atoms with van der Waals surface area (Å²) in [5.74, 6) is -1.33. The van der Waals surface area contributed by atoms with Gasteiger partial charge >= 0.3 is 5.97 Å². The third-order valence-corrected chi connectivity index (χ3v) is 3.14. The van der Waals surface area contributed by atoms with Crippen LogP contribution in [0.2, 0.25) is 0 Å². The Balaban J connectivity index is 4.20. The van der Waals surface area contributed by atoms with Crippen LogP contribution in [-0.2, 0) is 9.59 Å². The summed E-state index contributed by atoms with van der Waals surface area (Å²) >= 11 is 5.03. The molecule has 0 aromatic heterocycles. The monoisotopic (exact) mass is 303 g/mol. The Bertz CT molecular complexity index is 348. The Morgan fingerprint density at radius 1 is 1.25 bits per heavy atom. The van der Waals surface area contributed by atoms with E-state index in [4.69, 9.17) is 17.3 Å². The second-order valence-corrected chi connectivity index (χ2v) is 5.37. The maximum Gasteiger partial charge on any atom is 0.326 e. The lowest BCUT2D eigenvalue weighted by Crippen LogP contribution is -2.46. The molecule has 0 saturated heterocycles. The summed E-state index contributed by atoms with van der Waals surface area (Å²) in [6.45, 7) is 6.78. The lowest BCUT2D eigenvalue weighted by molar-refractivity contribution is -0.150. The number of carbonyl (C=O) groups excluding carboxylic acids is 1. The zero-order valence-corrected chi connectivity index (χ0v) is 13.4. The topological polar surface area (TPSA) is 81.7 Å². The van der Waals surface area contributed by atoms with Crippen LogP contribution in [0.5, 0.6) is 0 Å². The molecule has 116 valence electrons. The van der Waals surface area contributed by atoms with Gasteiger partial charge in [-0.15, -0.1) is 0 Å². The molecule has 0 aromatic rings. The molecular formula is C13H25N3O3S. The number of hydrogen-bond donors (Lipinski definition) is 3. The molecule has 0 fully saturated rings. The van der Waals surface area contributed by atoms with Crippen molar-refractivity contribution in [1.29, 1.82) is 0 Å². The van der Waals surface area contributed by atoms with E-state index in [-0.39, 0.29) is 18.2 Å². The fourth-order valence-electron chi connectivity index (χ4n) is 1.81. The zero-order chi connectivity index (χ0) is 15.7. The molecule has 0 heterocycles. The highest BCUT2D eigenvalue weighted by molar-refractivity contribution is 7.80. The summed E-state index contributed by atoms with van der Waals surface area (Å²) < 4.78 is 0. The molecule has 20 heavy (non-hydrogen) atoms. The fraction of sp³-hybridized carbons (Fsp3) is 0.769. The Morgan fingerprint density at radius 3 is 2.25 bits per heavy atom. The van der Waals surface area contributed by atoms with E-state index in [1.165, 1.54) is 11.9 Å². The zero-order valence-electron chi connectivity index (χ0n) is 12.6. The van der Waals surface area contributed by atoms with Crippen LogP contribution in [0.4, 0.5) is 0 Å². The summed E-state index contributed by atoms with van der Waals surface area (Å²) in [6.07, 6.45) is 1.18. The number of hydrogen-bond acceptors (Lipinski definition) is 3. The standard InChI is InChI=1S/C13H25N3O3S/c1-5-7-14-13(20)15-8-6-10(17)16(4)11(9(2)3)12(18)19/h9,11H,5-8H2,1-4H3,(H,18,19)(H2,14,15,20). The minimum atomic E-state index is -0.982. The molecule has 3 N–H and O–H groups in total. The van der Waals surface area contributed by atoms with Crippen LogP contribution in [0.25, 0.3) is 0 Å². The maximum atomic E-state index is 11.9. The second-order valence-electron chi connectivity index (χ2n) is 4.96. The molecule has 1 atom stereocenters. The molecule has 0 aliphatic carbocycles. The van der Waals surface area contributed by atoms with Gasteiger partial charge in [0.05, 0.1) is 0 Å². The molecule has 0 rings (SSSR count). The Kier molecular flexibility index (Phi) is 8.87. The number of aliphatic carboxylic acids is 1. The van der Waals surface area contributed by atoms with E-state index in [1.807, 2.05) is 6.92 Å². The van der Waals surface area contributed by atoms with Crippen molar-refractivity contribution in [3.05, 3.63) is 0 Å². The molecule has 0 spiro atoms. The van der Waals surface area contributed by atoms with Crippen LogP contribution >= 0.6 is 12.2 Å². The third-order valence-electron chi connectivity index (χ3n) is 2.86. The molecule has 7 heteroatoms. The van der Waals surface area contributed by atoms with Gasteiger partial charge in [-0.1, -0.05) is 20.8 Å². The number of thiocarbonyl (C=S) groups is 1. The van der Waals surface area contributed by atoms with Crippen LogP contribution in [0.1, 0.15) is 33.6 Å². The summed E-state index contributed by atoms with van der Waals surface area (Å²) in [7, 11) is 1.52. The van der Waals surface area contributed by atoms with E-state index in [0.29, 0.717) is 11.7 Å². The van der Waals surface area contributed by atoms with Crippen molar-refractivity contribution in [2.45, 2.75) is 39.7 Å². The SMILES string of the molecule is CCCNC(=S)NCCC(=O)N(C)C(C(=O)O)C(C)C. The first-order chi connectivity index (χ1) is 9.31. The van der Waals surface area contributed by atoms with Gasteiger partial charge in [-0.05, 0) is 24.6 Å². The molecule has 1 amide bonds. The van der Waals surface area contributed by atoms with Crippen molar-refractivity contribution in [1.82, 2.24) is 15.5 Å².